The first-order chi connectivity index (χ1) is 8.82. The second-order valence-electron chi connectivity index (χ2n) is 5.30. The molecule has 19 heavy (non-hydrogen) atoms. The van der Waals surface area contributed by atoms with Crippen molar-refractivity contribution in [3.05, 3.63) is 40.8 Å². The molecule has 0 unspecified atom stereocenters. The highest BCUT2D eigenvalue weighted by Crippen LogP contribution is 2.27. The quantitative estimate of drug-likeness (QED) is 0.782. The van der Waals surface area contributed by atoms with Gasteiger partial charge >= 0.3 is 0 Å². The van der Waals surface area contributed by atoms with Crippen molar-refractivity contribution in [2.24, 2.45) is 0 Å². The highest BCUT2D eigenvalue weighted by atomic mass is 35.5. The van der Waals surface area contributed by atoms with Gasteiger partial charge in [0.25, 0.3) is 0 Å². The van der Waals surface area contributed by atoms with E-state index in [-0.39, 0.29) is 10.6 Å². The average molecular weight is 281 g/mol. The normalized spacial score (nSPS) is 11.6. The Hall–Kier alpha value is -1.68. The number of halogens is 2. The number of hydrogen-bond acceptors (Lipinski definition) is 2. The van der Waals surface area contributed by atoms with Crippen molar-refractivity contribution in [3.63, 3.8) is 0 Å². The molecule has 0 aliphatic heterocycles. The summed E-state index contributed by atoms with van der Waals surface area (Å²) in [6.07, 6.45) is 2.42. The number of carbonyl (C=O) groups is 1. The monoisotopic (exact) mass is 280 g/mol. The minimum Gasteiger partial charge on any atom is -0.298 e. The predicted molar refractivity (Wildman–Crippen MR) is 73.0 cm³/mol. The maximum atomic E-state index is 13.2. The highest BCUT2D eigenvalue weighted by molar-refractivity contribution is 6.31. The summed E-state index contributed by atoms with van der Waals surface area (Å²) in [5, 5.41) is 4.41. The Bertz CT molecular complexity index is 629. The molecule has 5 heteroatoms. The number of aldehydes is 1. The molecule has 0 spiro atoms. The molecule has 0 aliphatic carbocycles. The molecule has 0 amide bonds. The van der Waals surface area contributed by atoms with Crippen LogP contribution in [0.5, 0.6) is 0 Å². The summed E-state index contributed by atoms with van der Waals surface area (Å²) < 4.78 is 14.9. The highest BCUT2D eigenvalue weighted by Gasteiger charge is 2.19. The molecule has 1 aromatic heterocycles. The molecule has 0 N–H and O–H groups in total. The largest absolute Gasteiger partial charge is 0.298 e. The molecule has 1 aromatic carbocycles. The molecule has 100 valence electrons. The number of aromatic nitrogens is 2. The molecular formula is C14H14ClFN2O. The van der Waals surface area contributed by atoms with Crippen LogP contribution in [0.3, 0.4) is 0 Å². The fourth-order valence-electron chi connectivity index (χ4n) is 1.68. The van der Waals surface area contributed by atoms with Crippen LogP contribution >= 0.6 is 11.6 Å². The van der Waals surface area contributed by atoms with E-state index in [1.807, 2.05) is 20.8 Å². The predicted octanol–water partition coefficient (Wildman–Crippen LogP) is 3.91. The number of benzene rings is 1. The Balaban J connectivity index is 2.58. The molecule has 0 saturated heterocycles. The lowest BCUT2D eigenvalue weighted by molar-refractivity contribution is 0.112. The molecule has 2 rings (SSSR count). The molecule has 0 bridgehead atoms. The van der Waals surface area contributed by atoms with Gasteiger partial charge in [-0.25, -0.2) is 4.39 Å². The Morgan fingerprint density at radius 3 is 2.58 bits per heavy atom. The van der Waals surface area contributed by atoms with Crippen LogP contribution in [-0.4, -0.2) is 16.1 Å². The summed E-state index contributed by atoms with van der Waals surface area (Å²) in [4.78, 5) is 11.1. The topological polar surface area (TPSA) is 34.9 Å². The van der Waals surface area contributed by atoms with E-state index in [0.717, 1.165) is 6.29 Å². The SMILES string of the molecule is CC(C)(C)n1cc(C=O)c(-c2ccc(F)c(Cl)c2)n1. The van der Waals surface area contributed by atoms with E-state index in [1.54, 1.807) is 16.9 Å². The standard InChI is InChI=1S/C14H14ClFN2O/c1-14(2,3)18-7-10(8-19)13(17-18)9-4-5-12(16)11(15)6-9/h4-8H,1-3H3. The second-order valence-corrected chi connectivity index (χ2v) is 5.70. The van der Waals surface area contributed by atoms with E-state index >= 15 is 0 Å². The lowest BCUT2D eigenvalue weighted by Crippen LogP contribution is -2.22. The minimum atomic E-state index is -0.492. The number of rotatable bonds is 2. The smallest absolute Gasteiger partial charge is 0.153 e. The molecule has 0 saturated carbocycles. The van der Waals surface area contributed by atoms with Crippen molar-refractivity contribution in [2.75, 3.05) is 0 Å². The van der Waals surface area contributed by atoms with Gasteiger partial charge in [-0.2, -0.15) is 5.10 Å². The van der Waals surface area contributed by atoms with E-state index in [2.05, 4.69) is 5.10 Å². The second kappa shape index (κ2) is 4.78. The summed E-state index contributed by atoms with van der Waals surface area (Å²) in [6, 6.07) is 4.30. The van der Waals surface area contributed by atoms with Gasteiger partial charge in [-0.15, -0.1) is 0 Å². The van der Waals surface area contributed by atoms with Gasteiger partial charge in [-0.05, 0) is 39.0 Å². The van der Waals surface area contributed by atoms with Gasteiger partial charge in [0.15, 0.2) is 6.29 Å². The summed E-state index contributed by atoms with van der Waals surface area (Å²) in [5.41, 5.74) is 1.35. The van der Waals surface area contributed by atoms with Crippen molar-refractivity contribution in [2.45, 2.75) is 26.3 Å². The molecule has 2 aromatic rings. The van der Waals surface area contributed by atoms with Crippen molar-refractivity contribution >= 4 is 17.9 Å². The van der Waals surface area contributed by atoms with Crippen LogP contribution in [0.25, 0.3) is 11.3 Å². The molecule has 0 fully saturated rings. The number of nitrogens with zero attached hydrogens (tertiary/aromatic N) is 2. The Morgan fingerprint density at radius 1 is 1.37 bits per heavy atom. The molecule has 1 heterocycles. The van der Waals surface area contributed by atoms with Crippen molar-refractivity contribution in [3.8, 4) is 11.3 Å². The van der Waals surface area contributed by atoms with Crippen LogP contribution in [0, 0.1) is 5.82 Å². The van der Waals surface area contributed by atoms with E-state index in [1.165, 1.54) is 12.1 Å². The first kappa shape index (κ1) is 13.7. The lowest BCUT2D eigenvalue weighted by atomic mass is 10.1. The van der Waals surface area contributed by atoms with Crippen molar-refractivity contribution < 1.29 is 9.18 Å². The molecule has 3 nitrogen and oxygen atoms in total. The van der Waals surface area contributed by atoms with Crippen molar-refractivity contribution in [1.82, 2.24) is 9.78 Å². The van der Waals surface area contributed by atoms with Crippen LogP contribution in [0.4, 0.5) is 4.39 Å². The molecule has 0 atom stereocenters. The van der Waals surface area contributed by atoms with E-state index in [0.29, 0.717) is 16.8 Å². The maximum Gasteiger partial charge on any atom is 0.153 e. The zero-order chi connectivity index (χ0) is 14.2. The summed E-state index contributed by atoms with van der Waals surface area (Å²) >= 11 is 5.76. The lowest BCUT2D eigenvalue weighted by Gasteiger charge is -2.18. The number of hydrogen-bond donors (Lipinski definition) is 0. The molecular weight excluding hydrogens is 267 g/mol. The van der Waals surface area contributed by atoms with Crippen molar-refractivity contribution in [1.29, 1.82) is 0 Å². The van der Waals surface area contributed by atoms with Crippen LogP contribution in [-0.2, 0) is 5.54 Å². The van der Waals surface area contributed by atoms with Gasteiger partial charge in [0.1, 0.15) is 11.5 Å². The van der Waals surface area contributed by atoms with Gasteiger partial charge in [0.05, 0.1) is 16.1 Å². The Morgan fingerprint density at radius 2 is 2.05 bits per heavy atom. The van der Waals surface area contributed by atoms with E-state index in [9.17, 15) is 9.18 Å². The van der Waals surface area contributed by atoms with Crippen LogP contribution < -0.4 is 0 Å². The van der Waals surface area contributed by atoms with Crippen LogP contribution in [0.15, 0.2) is 24.4 Å². The van der Waals surface area contributed by atoms with Gasteiger partial charge in [0, 0.05) is 11.8 Å². The first-order valence-electron chi connectivity index (χ1n) is 5.83. The Kier molecular flexibility index (Phi) is 3.45. The zero-order valence-electron chi connectivity index (χ0n) is 10.9. The molecule has 0 aliphatic rings. The van der Waals surface area contributed by atoms with Gasteiger partial charge in [-0.1, -0.05) is 11.6 Å². The third kappa shape index (κ3) is 2.68. The van der Waals surface area contributed by atoms with Crippen LogP contribution in [0.1, 0.15) is 31.1 Å². The van der Waals surface area contributed by atoms with Crippen LogP contribution in [0.2, 0.25) is 5.02 Å². The summed E-state index contributed by atoms with van der Waals surface area (Å²) in [7, 11) is 0. The van der Waals surface area contributed by atoms with Gasteiger partial charge < -0.3 is 0 Å². The van der Waals surface area contributed by atoms with E-state index < -0.39 is 5.82 Å². The minimum absolute atomic E-state index is 0.0136. The van der Waals surface area contributed by atoms with Gasteiger partial charge in [-0.3, -0.25) is 9.48 Å². The van der Waals surface area contributed by atoms with E-state index in [4.69, 9.17) is 11.6 Å². The maximum absolute atomic E-state index is 13.2. The Labute approximate surface area is 116 Å². The zero-order valence-corrected chi connectivity index (χ0v) is 11.7. The summed E-state index contributed by atoms with van der Waals surface area (Å²) in [6.45, 7) is 5.95. The first-order valence-corrected chi connectivity index (χ1v) is 6.21. The third-order valence-electron chi connectivity index (χ3n) is 2.75. The molecule has 0 radical (unpaired) electrons. The fourth-order valence-corrected chi connectivity index (χ4v) is 1.87. The average Bonchev–Trinajstić information content (AvgIpc) is 2.76. The summed E-state index contributed by atoms with van der Waals surface area (Å²) in [5.74, 6) is -0.492. The number of carbonyl (C=O) groups excluding carboxylic acids is 1. The third-order valence-corrected chi connectivity index (χ3v) is 3.04. The fraction of sp³-hybridized carbons (Fsp3) is 0.286. The van der Waals surface area contributed by atoms with Gasteiger partial charge in [0.2, 0.25) is 0 Å².